The van der Waals surface area contributed by atoms with E-state index in [1.807, 2.05) is 56.0 Å². The Morgan fingerprint density at radius 1 is 1.07 bits per heavy atom. The number of carbonyl (C=O) groups is 3. The van der Waals surface area contributed by atoms with Crippen LogP contribution in [0.15, 0.2) is 30.3 Å². The van der Waals surface area contributed by atoms with Crippen molar-refractivity contribution in [2.24, 2.45) is 0 Å². The molecule has 1 atom stereocenters. The molecule has 0 spiro atoms. The number of benzene rings is 1. The average Bonchev–Trinajstić information content (AvgIpc) is 2.70. The number of esters is 1. The van der Waals surface area contributed by atoms with Crippen molar-refractivity contribution >= 4 is 18.0 Å². The molecule has 1 aromatic carbocycles. The predicted molar refractivity (Wildman–Crippen MR) is 113 cm³/mol. The third-order valence-electron chi connectivity index (χ3n) is 4.78. The second-order valence-electron chi connectivity index (χ2n) is 8.41. The Bertz CT molecular complexity index is 709. The van der Waals surface area contributed by atoms with Gasteiger partial charge in [-0.2, -0.15) is 0 Å². The molecule has 0 aromatic heterocycles. The van der Waals surface area contributed by atoms with Crippen molar-refractivity contribution in [1.29, 1.82) is 0 Å². The molecule has 1 heterocycles. The first-order chi connectivity index (χ1) is 14.2. The maximum absolute atomic E-state index is 12.5. The van der Waals surface area contributed by atoms with Crippen LogP contribution in [0.4, 0.5) is 4.79 Å². The quantitative estimate of drug-likeness (QED) is 0.679. The largest absolute Gasteiger partial charge is 0.467 e. The molecule has 166 valence electrons. The molecule has 1 N–H and O–H groups in total. The van der Waals surface area contributed by atoms with Gasteiger partial charge >= 0.3 is 12.1 Å². The van der Waals surface area contributed by atoms with E-state index in [9.17, 15) is 14.4 Å². The fourth-order valence-electron chi connectivity index (χ4n) is 3.20. The minimum Gasteiger partial charge on any atom is -0.467 e. The van der Waals surface area contributed by atoms with E-state index >= 15 is 0 Å². The fourth-order valence-corrected chi connectivity index (χ4v) is 3.20. The average molecular weight is 420 g/mol. The molecule has 1 fully saturated rings. The molecule has 0 unspecified atom stereocenters. The summed E-state index contributed by atoms with van der Waals surface area (Å²) in [5, 5.41) is 2.79. The molecule has 8 nitrogen and oxygen atoms in total. The minimum absolute atomic E-state index is 0.168. The number of carbonyl (C=O) groups excluding carboxylic acids is 3. The van der Waals surface area contributed by atoms with Crippen molar-refractivity contribution < 1.29 is 23.9 Å². The highest BCUT2D eigenvalue weighted by Crippen LogP contribution is 2.12. The van der Waals surface area contributed by atoms with Crippen molar-refractivity contribution in [3.05, 3.63) is 35.9 Å². The molecule has 8 heteroatoms. The third-order valence-corrected chi connectivity index (χ3v) is 4.78. The number of hydrogen-bond donors (Lipinski definition) is 1. The molecular weight excluding hydrogens is 386 g/mol. The lowest BCUT2D eigenvalue weighted by Crippen LogP contribution is -2.53. The second kappa shape index (κ2) is 11.0. The molecule has 0 radical (unpaired) electrons. The highest BCUT2D eigenvalue weighted by molar-refractivity contribution is 5.85. The van der Waals surface area contributed by atoms with Gasteiger partial charge in [-0.1, -0.05) is 30.3 Å². The number of aryl methyl sites for hydroxylation is 1. The van der Waals surface area contributed by atoms with E-state index in [0.29, 0.717) is 39.0 Å². The number of hydrogen-bond acceptors (Lipinski definition) is 6. The number of ether oxygens (including phenoxy) is 2. The third kappa shape index (κ3) is 8.02. The van der Waals surface area contributed by atoms with E-state index in [-0.39, 0.29) is 18.5 Å². The zero-order valence-corrected chi connectivity index (χ0v) is 18.3. The highest BCUT2D eigenvalue weighted by atomic mass is 16.6. The number of amides is 2. The molecule has 1 aliphatic rings. The van der Waals surface area contributed by atoms with E-state index in [1.165, 1.54) is 7.11 Å². The summed E-state index contributed by atoms with van der Waals surface area (Å²) < 4.78 is 10.2. The smallest absolute Gasteiger partial charge is 0.410 e. The molecule has 1 saturated heterocycles. The number of nitrogens with zero attached hydrogens (tertiary/aromatic N) is 2. The van der Waals surface area contributed by atoms with Crippen LogP contribution in [0.2, 0.25) is 0 Å². The van der Waals surface area contributed by atoms with Gasteiger partial charge in [0.2, 0.25) is 5.91 Å². The summed E-state index contributed by atoms with van der Waals surface area (Å²) >= 11 is 0. The zero-order valence-electron chi connectivity index (χ0n) is 18.3. The van der Waals surface area contributed by atoms with Gasteiger partial charge in [-0.25, -0.2) is 9.59 Å². The second-order valence-corrected chi connectivity index (χ2v) is 8.41. The van der Waals surface area contributed by atoms with Crippen LogP contribution in [0.1, 0.15) is 32.8 Å². The number of piperazine rings is 1. The maximum atomic E-state index is 12.5. The summed E-state index contributed by atoms with van der Waals surface area (Å²) in [5.41, 5.74) is 0.565. The molecule has 2 rings (SSSR count). The Morgan fingerprint density at radius 3 is 2.27 bits per heavy atom. The van der Waals surface area contributed by atoms with Crippen molar-refractivity contribution in [1.82, 2.24) is 15.1 Å². The summed E-state index contributed by atoms with van der Waals surface area (Å²) in [6.07, 6.45) is 0.794. The van der Waals surface area contributed by atoms with Gasteiger partial charge in [-0.3, -0.25) is 9.69 Å². The van der Waals surface area contributed by atoms with Crippen LogP contribution in [-0.4, -0.2) is 79.2 Å². The van der Waals surface area contributed by atoms with Crippen LogP contribution in [0.5, 0.6) is 0 Å². The predicted octanol–water partition coefficient (Wildman–Crippen LogP) is 1.83. The maximum Gasteiger partial charge on any atom is 0.410 e. The summed E-state index contributed by atoms with van der Waals surface area (Å²) in [6.45, 7) is 7.80. The summed E-state index contributed by atoms with van der Waals surface area (Å²) in [7, 11) is 1.32. The molecule has 1 aromatic rings. The standard InChI is InChI=1S/C22H33N3O5/c1-22(2,3)30-21(28)25-14-12-24(13-15-25)16-19(26)23-18(20(27)29-4)11-10-17-8-6-5-7-9-17/h5-9,18H,10-16H2,1-4H3,(H,23,26)/t18-/m0/s1. The Morgan fingerprint density at radius 2 is 1.70 bits per heavy atom. The van der Waals surface area contributed by atoms with E-state index in [0.717, 1.165) is 5.56 Å². The lowest BCUT2D eigenvalue weighted by atomic mass is 10.1. The summed E-state index contributed by atoms with van der Waals surface area (Å²) in [4.78, 5) is 40.3. The van der Waals surface area contributed by atoms with Gasteiger partial charge in [0, 0.05) is 26.2 Å². The Kier molecular flexibility index (Phi) is 8.65. The number of rotatable bonds is 7. The van der Waals surface area contributed by atoms with Gasteiger partial charge in [-0.15, -0.1) is 0 Å². The zero-order chi connectivity index (χ0) is 22.1. The first-order valence-electron chi connectivity index (χ1n) is 10.3. The van der Waals surface area contributed by atoms with Crippen molar-refractivity contribution in [3.63, 3.8) is 0 Å². The van der Waals surface area contributed by atoms with Gasteiger partial charge in [0.1, 0.15) is 11.6 Å². The van der Waals surface area contributed by atoms with Crippen LogP contribution in [-0.2, 0) is 25.5 Å². The Balaban J connectivity index is 1.80. The molecular formula is C22H33N3O5. The van der Waals surface area contributed by atoms with Crippen molar-refractivity contribution in [2.45, 2.75) is 45.3 Å². The van der Waals surface area contributed by atoms with Crippen LogP contribution in [0.25, 0.3) is 0 Å². The van der Waals surface area contributed by atoms with Gasteiger partial charge in [0.15, 0.2) is 0 Å². The van der Waals surface area contributed by atoms with E-state index in [2.05, 4.69) is 5.32 Å². The molecule has 0 aliphatic carbocycles. The molecule has 2 amide bonds. The highest BCUT2D eigenvalue weighted by Gasteiger charge is 2.27. The first-order valence-corrected chi connectivity index (χ1v) is 10.3. The Hall–Kier alpha value is -2.61. The van der Waals surface area contributed by atoms with Crippen LogP contribution >= 0.6 is 0 Å². The van der Waals surface area contributed by atoms with Gasteiger partial charge < -0.3 is 19.7 Å². The number of nitrogens with one attached hydrogen (secondary N) is 1. The summed E-state index contributed by atoms with van der Waals surface area (Å²) in [6, 6.07) is 9.10. The van der Waals surface area contributed by atoms with E-state index in [1.54, 1.807) is 4.90 Å². The van der Waals surface area contributed by atoms with Gasteiger partial charge in [0.25, 0.3) is 0 Å². The van der Waals surface area contributed by atoms with E-state index in [4.69, 9.17) is 9.47 Å². The fraction of sp³-hybridized carbons (Fsp3) is 0.591. The van der Waals surface area contributed by atoms with Crippen molar-refractivity contribution in [3.8, 4) is 0 Å². The molecule has 0 saturated carbocycles. The lowest BCUT2D eigenvalue weighted by molar-refractivity contribution is -0.145. The van der Waals surface area contributed by atoms with Crippen LogP contribution < -0.4 is 5.32 Å². The number of methoxy groups -OCH3 is 1. The summed E-state index contributed by atoms with van der Waals surface area (Å²) in [5.74, 6) is -0.682. The first kappa shape index (κ1) is 23.7. The van der Waals surface area contributed by atoms with Gasteiger partial charge in [-0.05, 0) is 39.2 Å². The lowest BCUT2D eigenvalue weighted by Gasteiger charge is -2.35. The van der Waals surface area contributed by atoms with E-state index < -0.39 is 17.6 Å². The van der Waals surface area contributed by atoms with Crippen LogP contribution in [0.3, 0.4) is 0 Å². The topological polar surface area (TPSA) is 88.2 Å². The Labute approximate surface area is 178 Å². The molecule has 30 heavy (non-hydrogen) atoms. The van der Waals surface area contributed by atoms with Crippen LogP contribution in [0, 0.1) is 0 Å². The molecule has 1 aliphatic heterocycles. The SMILES string of the molecule is COC(=O)[C@H](CCc1ccccc1)NC(=O)CN1CCN(C(=O)OC(C)(C)C)CC1. The van der Waals surface area contributed by atoms with Gasteiger partial charge in [0.05, 0.1) is 13.7 Å². The minimum atomic E-state index is -0.689. The molecule has 0 bridgehead atoms. The monoisotopic (exact) mass is 419 g/mol. The van der Waals surface area contributed by atoms with Crippen molar-refractivity contribution in [2.75, 3.05) is 39.8 Å². The normalized spacial score (nSPS) is 15.9.